The number of nitrogens with one attached hydrogen (secondary N) is 3. The number of pyridine rings is 2. The molecule has 1 aliphatic carbocycles. The third-order valence-corrected chi connectivity index (χ3v) is 8.04. The van der Waals surface area contributed by atoms with Crippen molar-refractivity contribution >= 4 is 40.4 Å². The molecule has 2 aliphatic rings. The topological polar surface area (TPSA) is 164 Å². The van der Waals surface area contributed by atoms with Crippen LogP contribution in [0, 0.1) is 11.3 Å². The van der Waals surface area contributed by atoms with Crippen molar-refractivity contribution in [2.45, 2.75) is 57.2 Å². The van der Waals surface area contributed by atoms with Crippen LogP contribution in [0.2, 0.25) is 0 Å². The summed E-state index contributed by atoms with van der Waals surface area (Å²) in [5, 5.41) is 24.4. The zero-order chi connectivity index (χ0) is 29.9. The largest absolute Gasteiger partial charge is 0.383 e. The fraction of sp³-hybridized carbons (Fsp3) is 0.312. The van der Waals surface area contributed by atoms with Gasteiger partial charge in [-0.15, -0.1) is 0 Å². The van der Waals surface area contributed by atoms with E-state index in [0.717, 1.165) is 54.3 Å². The van der Waals surface area contributed by atoms with Crippen LogP contribution in [-0.4, -0.2) is 50.2 Å². The van der Waals surface area contributed by atoms with Crippen molar-refractivity contribution in [3.05, 3.63) is 71.6 Å². The minimum absolute atomic E-state index is 0.0638. The average Bonchev–Trinajstić information content (AvgIpc) is 3.63. The summed E-state index contributed by atoms with van der Waals surface area (Å²) in [6.45, 7) is 2.79. The number of hydrogen-bond donors (Lipinski definition) is 4. The maximum atomic E-state index is 12.9. The molecule has 0 unspecified atom stereocenters. The van der Waals surface area contributed by atoms with Crippen LogP contribution in [0.5, 0.6) is 0 Å². The second-order valence-corrected chi connectivity index (χ2v) is 11.2. The fourth-order valence-corrected chi connectivity index (χ4v) is 5.91. The van der Waals surface area contributed by atoms with Gasteiger partial charge in [0.2, 0.25) is 5.91 Å². The number of carbonyl (C=O) groups excluding carboxylic acids is 2. The number of nitrogens with zero attached hydrogens (tertiary/aromatic N) is 5. The maximum absolute atomic E-state index is 12.9. The van der Waals surface area contributed by atoms with Gasteiger partial charge in [-0.2, -0.15) is 10.4 Å². The van der Waals surface area contributed by atoms with E-state index in [1.807, 2.05) is 25.1 Å². The standard InChI is InChI=1S/C32H33N9O2/c1-19-14-27(42)38-24-9-10-25(16-24)41-30-23(4-2-3-12-35-19)18-37-31(34)28(30)29(40-41)21-5-7-22(8-6-21)32(43)39-26-15-20(17-33)11-13-36-26/h2,4-8,11,13,15,18-19,24-25,35H,3,9-10,12,14,16H2,1H3,(H2,34,37)(H,38,42)(H,36,39,43)/b4-2+/t19-,24-,25-/m1/s1. The lowest BCUT2D eigenvalue weighted by atomic mass is 10.0. The first kappa shape index (κ1) is 28.1. The number of amides is 2. The molecule has 2 bridgehead atoms. The lowest BCUT2D eigenvalue weighted by molar-refractivity contribution is -0.122. The van der Waals surface area contributed by atoms with Gasteiger partial charge < -0.3 is 21.7 Å². The average molecular weight is 576 g/mol. The second kappa shape index (κ2) is 12.0. The molecule has 218 valence electrons. The number of hydrogen-bond acceptors (Lipinski definition) is 8. The molecule has 3 atom stereocenters. The van der Waals surface area contributed by atoms with Crippen molar-refractivity contribution in [2.24, 2.45) is 0 Å². The molecule has 11 nitrogen and oxygen atoms in total. The van der Waals surface area contributed by atoms with Gasteiger partial charge in [0, 0.05) is 47.6 Å². The summed E-state index contributed by atoms with van der Waals surface area (Å²) in [4.78, 5) is 34.2. The molecule has 6 rings (SSSR count). The molecule has 5 N–H and O–H groups in total. The number of nitriles is 1. The molecule has 1 saturated carbocycles. The van der Waals surface area contributed by atoms with Gasteiger partial charge in [0.05, 0.1) is 28.6 Å². The fourth-order valence-electron chi connectivity index (χ4n) is 5.91. The van der Waals surface area contributed by atoms with Crippen LogP contribution in [0.4, 0.5) is 11.6 Å². The Morgan fingerprint density at radius 3 is 2.84 bits per heavy atom. The molecular formula is C32H33N9O2. The second-order valence-electron chi connectivity index (χ2n) is 11.2. The molecule has 2 amide bonds. The van der Waals surface area contributed by atoms with Gasteiger partial charge in [-0.1, -0.05) is 24.3 Å². The first-order valence-electron chi connectivity index (χ1n) is 14.5. The number of aromatic nitrogens is 4. The minimum Gasteiger partial charge on any atom is -0.383 e. The molecule has 43 heavy (non-hydrogen) atoms. The van der Waals surface area contributed by atoms with E-state index in [1.54, 1.807) is 24.4 Å². The van der Waals surface area contributed by atoms with Crippen molar-refractivity contribution < 1.29 is 9.59 Å². The molecule has 1 aliphatic heterocycles. The Morgan fingerprint density at radius 1 is 1.19 bits per heavy atom. The molecule has 1 aromatic carbocycles. The molecule has 4 heterocycles. The SMILES string of the molecule is C[C@@H]1CC(=O)N[C@@H]2CC[C@H](C2)n2nc(-c3ccc(C(=O)Nc4cc(C#N)ccn4)cc3)c3c(N)ncc(c32)/C=C/CCN1. The Hall–Kier alpha value is -5.08. The number of benzene rings is 1. The summed E-state index contributed by atoms with van der Waals surface area (Å²) >= 11 is 0. The van der Waals surface area contributed by atoms with Gasteiger partial charge in [0.15, 0.2) is 0 Å². The highest BCUT2D eigenvalue weighted by atomic mass is 16.2. The molecule has 0 saturated heterocycles. The minimum atomic E-state index is -0.339. The molecule has 3 aromatic heterocycles. The Kier molecular flexibility index (Phi) is 7.85. The van der Waals surface area contributed by atoms with Crippen molar-refractivity contribution in [1.82, 2.24) is 30.4 Å². The molecular weight excluding hydrogens is 542 g/mol. The van der Waals surface area contributed by atoms with Gasteiger partial charge in [-0.25, -0.2) is 9.97 Å². The summed E-state index contributed by atoms with van der Waals surface area (Å²) < 4.78 is 2.06. The van der Waals surface area contributed by atoms with Crippen LogP contribution in [0.1, 0.15) is 66.6 Å². The van der Waals surface area contributed by atoms with E-state index in [4.69, 9.17) is 16.1 Å². The van der Waals surface area contributed by atoms with E-state index in [0.29, 0.717) is 34.9 Å². The van der Waals surface area contributed by atoms with Crippen LogP contribution in [0.3, 0.4) is 0 Å². The zero-order valence-corrected chi connectivity index (χ0v) is 23.9. The number of nitrogen functional groups attached to an aromatic ring is 1. The first-order valence-corrected chi connectivity index (χ1v) is 14.5. The number of carbonyl (C=O) groups is 2. The van der Waals surface area contributed by atoms with Crippen molar-refractivity contribution in [3.8, 4) is 17.3 Å². The van der Waals surface area contributed by atoms with E-state index in [9.17, 15) is 9.59 Å². The third-order valence-electron chi connectivity index (χ3n) is 8.04. The Morgan fingerprint density at radius 2 is 2.02 bits per heavy atom. The van der Waals surface area contributed by atoms with E-state index in [-0.39, 0.29) is 29.9 Å². The maximum Gasteiger partial charge on any atom is 0.256 e. The number of rotatable bonds is 3. The Balaban J connectivity index is 1.36. The van der Waals surface area contributed by atoms with Crippen LogP contribution in [0.15, 0.2) is 54.9 Å². The molecule has 1 fully saturated rings. The van der Waals surface area contributed by atoms with Gasteiger partial charge >= 0.3 is 0 Å². The molecule has 11 heteroatoms. The van der Waals surface area contributed by atoms with Crippen LogP contribution < -0.4 is 21.7 Å². The van der Waals surface area contributed by atoms with Crippen LogP contribution >= 0.6 is 0 Å². The number of nitrogens with two attached hydrogens (primary N) is 1. The quantitative estimate of drug-likeness (QED) is 0.282. The van der Waals surface area contributed by atoms with E-state index in [1.165, 1.54) is 12.3 Å². The first-order chi connectivity index (χ1) is 20.9. The summed E-state index contributed by atoms with van der Waals surface area (Å²) in [5.41, 5.74) is 10.7. The van der Waals surface area contributed by atoms with E-state index < -0.39 is 0 Å². The lowest BCUT2D eigenvalue weighted by Gasteiger charge is -2.17. The summed E-state index contributed by atoms with van der Waals surface area (Å²) in [5.74, 6) is 0.415. The van der Waals surface area contributed by atoms with Crippen molar-refractivity contribution in [1.29, 1.82) is 5.26 Å². The Labute approximate surface area is 249 Å². The predicted molar refractivity (Wildman–Crippen MR) is 165 cm³/mol. The van der Waals surface area contributed by atoms with Crippen LogP contribution in [0.25, 0.3) is 28.2 Å². The van der Waals surface area contributed by atoms with Gasteiger partial charge in [0.25, 0.3) is 5.91 Å². The van der Waals surface area contributed by atoms with Gasteiger partial charge in [-0.3, -0.25) is 14.3 Å². The Bertz CT molecular complexity index is 1750. The lowest BCUT2D eigenvalue weighted by Crippen LogP contribution is -2.38. The normalized spacial score (nSPS) is 21.3. The monoisotopic (exact) mass is 575 g/mol. The van der Waals surface area contributed by atoms with Crippen molar-refractivity contribution in [2.75, 3.05) is 17.6 Å². The van der Waals surface area contributed by atoms with Crippen LogP contribution in [-0.2, 0) is 4.79 Å². The summed E-state index contributed by atoms with van der Waals surface area (Å²) in [6.07, 6.45) is 11.2. The zero-order valence-electron chi connectivity index (χ0n) is 23.9. The van der Waals surface area contributed by atoms with Gasteiger partial charge in [-0.05, 0) is 63.4 Å². The summed E-state index contributed by atoms with van der Waals surface area (Å²) in [7, 11) is 0. The summed E-state index contributed by atoms with van der Waals surface area (Å²) in [6, 6.07) is 12.5. The predicted octanol–water partition coefficient (Wildman–Crippen LogP) is 4.19. The molecule has 0 radical (unpaired) electrons. The van der Waals surface area contributed by atoms with Gasteiger partial charge in [0.1, 0.15) is 17.3 Å². The third kappa shape index (κ3) is 5.96. The van der Waals surface area contributed by atoms with E-state index >= 15 is 0 Å². The molecule has 4 aromatic rings. The highest BCUT2D eigenvalue weighted by molar-refractivity contribution is 6.06. The highest BCUT2D eigenvalue weighted by Crippen LogP contribution is 2.39. The molecule has 0 spiro atoms. The van der Waals surface area contributed by atoms with E-state index in [2.05, 4.69) is 42.8 Å². The van der Waals surface area contributed by atoms with Crippen molar-refractivity contribution in [3.63, 3.8) is 0 Å². The number of anilines is 2. The smallest absolute Gasteiger partial charge is 0.256 e. The highest BCUT2D eigenvalue weighted by Gasteiger charge is 2.31. The number of fused-ring (bicyclic) bond motifs is 3.